The van der Waals surface area contributed by atoms with Gasteiger partial charge in [-0.1, -0.05) is 0 Å². The van der Waals surface area contributed by atoms with Crippen LogP contribution in [0.25, 0.3) is 0 Å². The summed E-state index contributed by atoms with van der Waals surface area (Å²) in [5.74, 6) is -0.224. The third-order valence-electron chi connectivity index (χ3n) is 3.09. The van der Waals surface area contributed by atoms with Gasteiger partial charge in [0.2, 0.25) is 5.91 Å². The Morgan fingerprint density at radius 3 is 2.94 bits per heavy atom. The fourth-order valence-corrected chi connectivity index (χ4v) is 1.89. The smallest absolute Gasteiger partial charge is 0.237 e. The second kappa shape index (κ2) is 4.25. The van der Waals surface area contributed by atoms with Gasteiger partial charge in [-0.05, 0) is 32.3 Å². The van der Waals surface area contributed by atoms with E-state index in [0.29, 0.717) is 0 Å². The van der Waals surface area contributed by atoms with E-state index >= 15 is 0 Å². The van der Waals surface area contributed by atoms with Crippen molar-refractivity contribution in [2.24, 2.45) is 5.73 Å². The number of nitrogens with one attached hydrogen (secondary N) is 1. The maximum atomic E-state index is 11.2. The molecule has 1 aliphatic rings. The summed E-state index contributed by atoms with van der Waals surface area (Å²) in [6, 6.07) is 2.18. The van der Waals surface area contributed by atoms with Crippen LogP contribution in [0.4, 0.5) is 0 Å². The highest BCUT2D eigenvalue weighted by Gasteiger charge is 2.48. The van der Waals surface area contributed by atoms with Gasteiger partial charge in [-0.3, -0.25) is 9.48 Å². The number of hydrogen-bond acceptors (Lipinski definition) is 3. The topological polar surface area (TPSA) is 72.9 Å². The number of aryl methyl sites for hydroxylation is 1. The number of aromatic nitrogens is 2. The number of rotatable bonds is 6. The molecular weight excluding hydrogens is 204 g/mol. The van der Waals surface area contributed by atoms with Gasteiger partial charge in [-0.15, -0.1) is 0 Å². The van der Waals surface area contributed by atoms with E-state index in [1.54, 1.807) is 6.20 Å². The molecule has 3 N–H and O–H groups in total. The molecule has 0 unspecified atom stereocenters. The lowest BCUT2D eigenvalue weighted by Gasteiger charge is -2.20. The van der Waals surface area contributed by atoms with Gasteiger partial charge in [0.05, 0.1) is 5.54 Å². The zero-order valence-corrected chi connectivity index (χ0v) is 9.52. The Morgan fingerprint density at radius 1 is 1.69 bits per heavy atom. The molecule has 5 nitrogen and oxygen atoms in total. The Bertz CT molecular complexity index is 356. The number of hydrogen-bond donors (Lipinski definition) is 2. The molecule has 1 amide bonds. The minimum absolute atomic E-state index is 0.224. The molecule has 0 aliphatic heterocycles. The van der Waals surface area contributed by atoms with Crippen molar-refractivity contribution in [2.75, 3.05) is 0 Å². The Balaban J connectivity index is 1.77. The number of nitrogens with zero attached hydrogens (tertiary/aromatic N) is 2. The first-order valence-corrected chi connectivity index (χ1v) is 5.67. The van der Waals surface area contributed by atoms with Crippen molar-refractivity contribution in [1.82, 2.24) is 15.1 Å². The van der Waals surface area contributed by atoms with Crippen molar-refractivity contribution in [1.29, 1.82) is 0 Å². The number of primary amides is 1. The highest BCUT2D eigenvalue weighted by atomic mass is 16.1. The lowest BCUT2D eigenvalue weighted by Crippen LogP contribution is -2.48. The molecule has 0 saturated heterocycles. The van der Waals surface area contributed by atoms with Crippen LogP contribution in [-0.2, 0) is 11.3 Å². The van der Waals surface area contributed by atoms with E-state index in [2.05, 4.69) is 17.3 Å². The minimum Gasteiger partial charge on any atom is -0.368 e. The lowest BCUT2D eigenvalue weighted by molar-refractivity contribution is -0.121. The summed E-state index contributed by atoms with van der Waals surface area (Å²) in [6.07, 6.45) is 6.39. The van der Waals surface area contributed by atoms with Gasteiger partial charge in [0.25, 0.3) is 0 Å². The Kier molecular flexibility index (Phi) is 2.96. The Morgan fingerprint density at radius 2 is 2.44 bits per heavy atom. The predicted molar refractivity (Wildman–Crippen MR) is 60.6 cm³/mol. The molecule has 1 saturated carbocycles. The summed E-state index contributed by atoms with van der Waals surface area (Å²) in [5.41, 5.74) is 4.94. The third-order valence-corrected chi connectivity index (χ3v) is 3.09. The number of amides is 1. The predicted octanol–water partition coefficient (Wildman–Crippen LogP) is 0.269. The minimum atomic E-state index is -0.413. The van der Waals surface area contributed by atoms with Crippen LogP contribution in [0, 0.1) is 0 Å². The van der Waals surface area contributed by atoms with Gasteiger partial charge in [0, 0.05) is 25.0 Å². The highest BCUT2D eigenvalue weighted by molar-refractivity contribution is 5.87. The van der Waals surface area contributed by atoms with E-state index in [1.807, 2.05) is 16.9 Å². The molecule has 0 bridgehead atoms. The van der Waals surface area contributed by atoms with Gasteiger partial charge in [-0.2, -0.15) is 5.10 Å². The van der Waals surface area contributed by atoms with Gasteiger partial charge < -0.3 is 11.1 Å². The first-order valence-electron chi connectivity index (χ1n) is 5.67. The maximum absolute atomic E-state index is 11.2. The fourth-order valence-electron chi connectivity index (χ4n) is 1.89. The second-order valence-corrected chi connectivity index (χ2v) is 4.55. The molecule has 1 aromatic rings. The van der Waals surface area contributed by atoms with Gasteiger partial charge in [0.15, 0.2) is 0 Å². The molecule has 0 aromatic carbocycles. The van der Waals surface area contributed by atoms with Crippen molar-refractivity contribution in [2.45, 2.75) is 44.3 Å². The van der Waals surface area contributed by atoms with Crippen molar-refractivity contribution < 1.29 is 4.79 Å². The second-order valence-electron chi connectivity index (χ2n) is 4.55. The molecule has 5 heteroatoms. The monoisotopic (exact) mass is 222 g/mol. The van der Waals surface area contributed by atoms with E-state index in [1.165, 1.54) is 0 Å². The van der Waals surface area contributed by atoms with Crippen molar-refractivity contribution >= 4 is 5.91 Å². The molecule has 1 fully saturated rings. The average molecular weight is 222 g/mol. The summed E-state index contributed by atoms with van der Waals surface area (Å²) < 4.78 is 1.89. The van der Waals surface area contributed by atoms with E-state index < -0.39 is 5.54 Å². The summed E-state index contributed by atoms with van der Waals surface area (Å²) in [6.45, 7) is 2.93. The van der Waals surface area contributed by atoms with Crippen molar-refractivity contribution in [3.8, 4) is 0 Å². The Hall–Kier alpha value is -1.36. The molecule has 0 radical (unpaired) electrons. The largest absolute Gasteiger partial charge is 0.368 e. The van der Waals surface area contributed by atoms with E-state index in [4.69, 9.17) is 5.73 Å². The average Bonchev–Trinajstić information content (AvgIpc) is 2.84. The van der Waals surface area contributed by atoms with Crippen LogP contribution >= 0.6 is 0 Å². The van der Waals surface area contributed by atoms with Crippen molar-refractivity contribution in [3.63, 3.8) is 0 Å². The molecule has 1 atom stereocenters. The SMILES string of the molecule is C[C@@H](CCn1cccn1)NC1(C(N)=O)CC1. The first kappa shape index (κ1) is 11.1. The maximum Gasteiger partial charge on any atom is 0.237 e. The normalized spacial score (nSPS) is 19.3. The standard InChI is InChI=1S/C11H18N4O/c1-9(3-8-15-7-2-6-13-15)14-11(4-5-11)10(12)16/h2,6-7,9,14H,3-5,8H2,1H3,(H2,12,16)/t9-/m0/s1. The number of nitrogens with two attached hydrogens (primary N) is 1. The third kappa shape index (κ3) is 2.41. The van der Waals surface area contributed by atoms with Crippen LogP contribution in [-0.4, -0.2) is 27.3 Å². The number of carbonyl (C=O) groups is 1. The van der Waals surface area contributed by atoms with Crippen molar-refractivity contribution in [3.05, 3.63) is 18.5 Å². The molecule has 1 heterocycles. The molecule has 0 spiro atoms. The fraction of sp³-hybridized carbons (Fsp3) is 0.636. The van der Waals surface area contributed by atoms with Crippen LogP contribution in [0.1, 0.15) is 26.2 Å². The van der Waals surface area contributed by atoms with Crippen LogP contribution in [0.5, 0.6) is 0 Å². The molecule has 1 aliphatic carbocycles. The lowest BCUT2D eigenvalue weighted by atomic mass is 10.1. The van der Waals surface area contributed by atoms with Crippen LogP contribution < -0.4 is 11.1 Å². The molecule has 2 rings (SSSR count). The van der Waals surface area contributed by atoms with E-state index in [0.717, 1.165) is 25.8 Å². The Labute approximate surface area is 95.0 Å². The van der Waals surface area contributed by atoms with Crippen LogP contribution in [0.15, 0.2) is 18.5 Å². The molecule has 16 heavy (non-hydrogen) atoms. The van der Waals surface area contributed by atoms with Gasteiger partial charge in [0.1, 0.15) is 0 Å². The van der Waals surface area contributed by atoms with Gasteiger partial charge in [-0.25, -0.2) is 0 Å². The van der Waals surface area contributed by atoms with Crippen LogP contribution in [0.3, 0.4) is 0 Å². The zero-order valence-electron chi connectivity index (χ0n) is 9.52. The summed E-state index contributed by atoms with van der Waals surface area (Å²) in [5, 5.41) is 7.45. The summed E-state index contributed by atoms with van der Waals surface area (Å²) in [4.78, 5) is 11.2. The summed E-state index contributed by atoms with van der Waals surface area (Å²) in [7, 11) is 0. The molecule has 88 valence electrons. The van der Waals surface area contributed by atoms with Gasteiger partial charge >= 0.3 is 0 Å². The summed E-state index contributed by atoms with van der Waals surface area (Å²) >= 11 is 0. The highest BCUT2D eigenvalue weighted by Crippen LogP contribution is 2.35. The quantitative estimate of drug-likeness (QED) is 0.725. The number of carbonyl (C=O) groups excluding carboxylic acids is 1. The first-order chi connectivity index (χ1) is 7.62. The van der Waals surface area contributed by atoms with Crippen LogP contribution in [0.2, 0.25) is 0 Å². The van der Waals surface area contributed by atoms with E-state index in [9.17, 15) is 4.79 Å². The molecular formula is C11H18N4O. The zero-order chi connectivity index (χ0) is 11.6. The van der Waals surface area contributed by atoms with E-state index in [-0.39, 0.29) is 11.9 Å². The molecule has 1 aromatic heterocycles.